The van der Waals surface area contributed by atoms with Gasteiger partial charge in [-0.3, -0.25) is 0 Å². The van der Waals surface area contributed by atoms with E-state index >= 15 is 0 Å². The molecule has 0 rings (SSSR count). The highest BCUT2D eigenvalue weighted by molar-refractivity contribution is 4.47. The lowest BCUT2D eigenvalue weighted by atomic mass is 10.4. The lowest BCUT2D eigenvalue weighted by molar-refractivity contribution is -0.154. The van der Waals surface area contributed by atoms with E-state index in [1.807, 2.05) is 6.92 Å². The van der Waals surface area contributed by atoms with Crippen LogP contribution in [0.1, 0.15) is 6.92 Å². The van der Waals surface area contributed by atoms with Crippen LogP contribution in [0, 0.1) is 0 Å². The normalized spacial score (nSPS) is 13.8. The molecular weight excluding hydrogens is 160 g/mol. The summed E-state index contributed by atoms with van der Waals surface area (Å²) in [6.07, 6.45) is -0.216. The van der Waals surface area contributed by atoms with Crippen LogP contribution in [0.2, 0.25) is 0 Å². The van der Waals surface area contributed by atoms with Gasteiger partial charge in [-0.05, 0) is 6.92 Å². The van der Waals surface area contributed by atoms with Crippen LogP contribution in [0.5, 0.6) is 0 Å². The first-order valence-electron chi connectivity index (χ1n) is 3.90. The average molecular weight is 178 g/mol. The van der Waals surface area contributed by atoms with Crippen molar-refractivity contribution < 1.29 is 18.9 Å². The largest absolute Gasteiger partial charge is 0.382 e. The van der Waals surface area contributed by atoms with Crippen LogP contribution in [0.4, 0.5) is 0 Å². The Labute approximate surface area is 73.7 Å². The molecule has 0 radical (unpaired) electrons. The molecular formula is C8H18O4. The topological polar surface area (TPSA) is 36.9 Å². The molecule has 4 heteroatoms. The van der Waals surface area contributed by atoms with E-state index in [2.05, 4.69) is 0 Å². The van der Waals surface area contributed by atoms with Gasteiger partial charge in [-0.25, -0.2) is 0 Å². The van der Waals surface area contributed by atoms with Crippen molar-refractivity contribution in [1.82, 2.24) is 0 Å². The molecule has 0 heterocycles. The molecule has 0 aromatic carbocycles. The molecule has 1 atom stereocenters. The van der Waals surface area contributed by atoms with Crippen LogP contribution in [0.25, 0.3) is 0 Å². The minimum Gasteiger partial charge on any atom is -0.382 e. The van der Waals surface area contributed by atoms with Gasteiger partial charge in [-0.2, -0.15) is 0 Å². The third-order valence-corrected chi connectivity index (χ3v) is 1.44. The summed E-state index contributed by atoms with van der Waals surface area (Å²) in [5, 5.41) is 0. The monoisotopic (exact) mass is 178 g/mol. The maximum atomic E-state index is 5.35. The van der Waals surface area contributed by atoms with Crippen LogP contribution in [0.15, 0.2) is 0 Å². The number of hydrogen-bond donors (Lipinski definition) is 0. The molecule has 0 aliphatic carbocycles. The highest BCUT2D eigenvalue weighted by Crippen LogP contribution is 1.96. The van der Waals surface area contributed by atoms with E-state index in [0.717, 1.165) is 0 Å². The van der Waals surface area contributed by atoms with Crippen molar-refractivity contribution >= 4 is 0 Å². The van der Waals surface area contributed by atoms with Crippen molar-refractivity contribution in [2.45, 2.75) is 19.3 Å². The molecule has 0 aromatic heterocycles. The third-order valence-electron chi connectivity index (χ3n) is 1.44. The van der Waals surface area contributed by atoms with Gasteiger partial charge in [0.2, 0.25) is 0 Å². The predicted octanol–water partition coefficient (Wildman–Crippen LogP) is 0.657. The fourth-order valence-corrected chi connectivity index (χ4v) is 0.758. The number of hydrogen-bond acceptors (Lipinski definition) is 4. The Balaban J connectivity index is 3.37. The van der Waals surface area contributed by atoms with E-state index in [9.17, 15) is 0 Å². The fraction of sp³-hybridized carbons (Fsp3) is 1.00. The van der Waals surface area contributed by atoms with Gasteiger partial charge in [0.15, 0.2) is 6.29 Å². The van der Waals surface area contributed by atoms with Gasteiger partial charge in [-0.15, -0.1) is 0 Å². The predicted molar refractivity (Wildman–Crippen MR) is 45.1 cm³/mol. The van der Waals surface area contributed by atoms with E-state index in [0.29, 0.717) is 13.2 Å². The van der Waals surface area contributed by atoms with Gasteiger partial charge in [0.1, 0.15) is 0 Å². The maximum absolute atomic E-state index is 5.35. The summed E-state index contributed by atoms with van der Waals surface area (Å²) in [4.78, 5) is 0. The second-order valence-electron chi connectivity index (χ2n) is 2.50. The molecule has 0 saturated heterocycles. The zero-order valence-corrected chi connectivity index (χ0v) is 8.20. The second kappa shape index (κ2) is 7.49. The molecule has 0 fully saturated rings. The molecule has 4 nitrogen and oxygen atoms in total. The summed E-state index contributed by atoms with van der Waals surface area (Å²) in [6, 6.07) is 0. The molecule has 0 aliphatic heterocycles. The van der Waals surface area contributed by atoms with E-state index in [1.165, 1.54) is 0 Å². The van der Waals surface area contributed by atoms with Crippen molar-refractivity contribution in [2.75, 3.05) is 34.5 Å². The summed E-state index contributed by atoms with van der Waals surface area (Å²) >= 11 is 0. The van der Waals surface area contributed by atoms with Crippen molar-refractivity contribution in [3.63, 3.8) is 0 Å². The van der Waals surface area contributed by atoms with Crippen LogP contribution in [-0.4, -0.2) is 46.9 Å². The number of ether oxygens (including phenoxy) is 4. The maximum Gasteiger partial charge on any atom is 0.180 e. The molecule has 0 saturated carbocycles. The molecule has 0 aromatic rings. The summed E-state index contributed by atoms with van der Waals surface area (Å²) in [7, 11) is 4.81. The van der Waals surface area contributed by atoms with Gasteiger partial charge >= 0.3 is 0 Å². The fourth-order valence-electron chi connectivity index (χ4n) is 0.758. The zero-order valence-electron chi connectivity index (χ0n) is 8.20. The first-order chi connectivity index (χ1) is 5.74. The van der Waals surface area contributed by atoms with Gasteiger partial charge in [-0.1, -0.05) is 0 Å². The second-order valence-corrected chi connectivity index (χ2v) is 2.50. The number of rotatable bonds is 7. The smallest absolute Gasteiger partial charge is 0.180 e. The molecule has 0 bridgehead atoms. The SMILES string of the molecule is COCC(C)OCC(OC)OC. The summed E-state index contributed by atoms with van der Waals surface area (Å²) in [6.45, 7) is 2.95. The van der Waals surface area contributed by atoms with E-state index < -0.39 is 0 Å². The Bertz CT molecular complexity index is 93.1. The Hall–Kier alpha value is -0.160. The lowest BCUT2D eigenvalue weighted by Gasteiger charge is -2.17. The van der Waals surface area contributed by atoms with E-state index in [4.69, 9.17) is 18.9 Å². The van der Waals surface area contributed by atoms with Crippen LogP contribution in [0.3, 0.4) is 0 Å². The first kappa shape index (κ1) is 11.8. The van der Waals surface area contributed by atoms with E-state index in [-0.39, 0.29) is 12.4 Å². The molecule has 74 valence electrons. The Morgan fingerprint density at radius 1 is 1.00 bits per heavy atom. The summed E-state index contributed by atoms with van der Waals surface area (Å²) in [5.41, 5.74) is 0. The highest BCUT2D eigenvalue weighted by atomic mass is 16.7. The molecule has 0 aliphatic rings. The zero-order chi connectivity index (χ0) is 9.40. The van der Waals surface area contributed by atoms with Gasteiger partial charge in [0, 0.05) is 21.3 Å². The molecule has 0 N–H and O–H groups in total. The standard InChI is InChI=1S/C8H18O4/c1-7(5-9-2)12-6-8(10-3)11-4/h7-8H,5-6H2,1-4H3. The summed E-state index contributed by atoms with van der Waals surface area (Å²) < 4.78 is 20.1. The van der Waals surface area contributed by atoms with E-state index in [1.54, 1.807) is 21.3 Å². The Morgan fingerprint density at radius 3 is 2.00 bits per heavy atom. The Morgan fingerprint density at radius 2 is 1.58 bits per heavy atom. The van der Waals surface area contributed by atoms with Crippen LogP contribution in [-0.2, 0) is 18.9 Å². The number of methoxy groups -OCH3 is 3. The first-order valence-corrected chi connectivity index (χ1v) is 3.90. The lowest BCUT2D eigenvalue weighted by Crippen LogP contribution is -2.25. The molecule has 0 spiro atoms. The van der Waals surface area contributed by atoms with Crippen LogP contribution < -0.4 is 0 Å². The van der Waals surface area contributed by atoms with Gasteiger partial charge in [0.05, 0.1) is 19.3 Å². The van der Waals surface area contributed by atoms with Crippen molar-refractivity contribution in [2.24, 2.45) is 0 Å². The molecule has 0 amide bonds. The van der Waals surface area contributed by atoms with Crippen molar-refractivity contribution in [3.8, 4) is 0 Å². The highest BCUT2D eigenvalue weighted by Gasteiger charge is 2.08. The van der Waals surface area contributed by atoms with Gasteiger partial charge < -0.3 is 18.9 Å². The molecule has 12 heavy (non-hydrogen) atoms. The van der Waals surface area contributed by atoms with Crippen molar-refractivity contribution in [3.05, 3.63) is 0 Å². The molecule has 1 unspecified atom stereocenters. The van der Waals surface area contributed by atoms with Crippen molar-refractivity contribution in [1.29, 1.82) is 0 Å². The Kier molecular flexibility index (Phi) is 7.39. The van der Waals surface area contributed by atoms with Gasteiger partial charge in [0.25, 0.3) is 0 Å². The average Bonchev–Trinajstić information content (AvgIpc) is 2.07. The van der Waals surface area contributed by atoms with Crippen LogP contribution >= 0.6 is 0 Å². The quantitative estimate of drug-likeness (QED) is 0.536. The minimum atomic E-state index is -0.288. The minimum absolute atomic E-state index is 0.0720. The third kappa shape index (κ3) is 5.49. The summed E-state index contributed by atoms with van der Waals surface area (Å²) in [5.74, 6) is 0.